The van der Waals surface area contributed by atoms with Gasteiger partial charge in [0, 0.05) is 18.1 Å². The van der Waals surface area contributed by atoms with Crippen molar-refractivity contribution in [3.8, 4) is 5.69 Å². The number of nitrogens with zero attached hydrogens (tertiary/aromatic N) is 2. The fourth-order valence-electron chi connectivity index (χ4n) is 1.31. The number of imidazole rings is 1. The van der Waals surface area contributed by atoms with Crippen molar-refractivity contribution >= 4 is 15.9 Å². The molecule has 16 heavy (non-hydrogen) atoms. The van der Waals surface area contributed by atoms with Crippen LogP contribution in [0.5, 0.6) is 0 Å². The van der Waals surface area contributed by atoms with Crippen LogP contribution >= 0.6 is 0 Å². The van der Waals surface area contributed by atoms with E-state index in [-0.39, 0.29) is 0 Å². The molecule has 0 saturated heterocycles. The summed E-state index contributed by atoms with van der Waals surface area (Å²) in [7, 11) is -3.74. The third kappa shape index (κ3) is 2.59. The van der Waals surface area contributed by atoms with Crippen molar-refractivity contribution in [2.75, 3.05) is 4.72 Å². The minimum Gasteiger partial charge on any atom is -0.306 e. The van der Waals surface area contributed by atoms with E-state index in [1.54, 1.807) is 41.5 Å². The Morgan fingerprint density at radius 2 is 2.19 bits per heavy atom. The van der Waals surface area contributed by atoms with Crippen molar-refractivity contribution in [2.45, 2.75) is 0 Å². The van der Waals surface area contributed by atoms with Crippen LogP contribution in [0.2, 0.25) is 0 Å². The lowest BCUT2D eigenvalue weighted by atomic mass is 10.3. The Morgan fingerprint density at radius 3 is 2.81 bits per heavy atom. The molecule has 2 rings (SSSR count). The van der Waals surface area contributed by atoms with Crippen LogP contribution in [0.4, 0.5) is 5.69 Å². The first-order valence-electron chi connectivity index (χ1n) is 4.43. The van der Waals surface area contributed by atoms with Crippen LogP contribution < -0.4 is 9.86 Å². The van der Waals surface area contributed by atoms with E-state index in [9.17, 15) is 8.42 Å². The zero-order valence-electron chi connectivity index (χ0n) is 8.24. The molecule has 0 radical (unpaired) electrons. The molecule has 0 fully saturated rings. The van der Waals surface area contributed by atoms with Gasteiger partial charge in [-0.15, -0.1) is 0 Å². The summed E-state index contributed by atoms with van der Waals surface area (Å²) in [6.07, 6.45) is 5.02. The highest BCUT2D eigenvalue weighted by Crippen LogP contribution is 2.14. The van der Waals surface area contributed by atoms with Crippen LogP contribution in [0.25, 0.3) is 5.69 Å². The first-order chi connectivity index (χ1) is 7.54. The van der Waals surface area contributed by atoms with E-state index in [1.807, 2.05) is 6.07 Å². The Bertz CT molecular complexity index is 577. The molecule has 0 amide bonds. The van der Waals surface area contributed by atoms with Crippen molar-refractivity contribution in [2.24, 2.45) is 5.14 Å². The average molecular weight is 238 g/mol. The van der Waals surface area contributed by atoms with E-state index < -0.39 is 10.2 Å². The number of aromatic nitrogens is 2. The number of nitrogens with two attached hydrogens (primary N) is 1. The molecule has 0 aliphatic rings. The molecule has 7 heteroatoms. The molecule has 0 atom stereocenters. The van der Waals surface area contributed by atoms with Gasteiger partial charge in [-0.25, -0.2) is 10.1 Å². The van der Waals surface area contributed by atoms with Crippen molar-refractivity contribution in [3.63, 3.8) is 0 Å². The second-order valence-corrected chi connectivity index (χ2v) is 4.46. The van der Waals surface area contributed by atoms with Gasteiger partial charge in [-0.2, -0.15) is 8.42 Å². The minimum atomic E-state index is -3.74. The average Bonchev–Trinajstić information content (AvgIpc) is 2.68. The van der Waals surface area contributed by atoms with Gasteiger partial charge in [0.1, 0.15) is 0 Å². The predicted octanol–water partition coefficient (Wildman–Crippen LogP) is 0.488. The monoisotopic (exact) mass is 238 g/mol. The van der Waals surface area contributed by atoms with Gasteiger partial charge in [0.2, 0.25) is 0 Å². The summed E-state index contributed by atoms with van der Waals surface area (Å²) in [6, 6.07) is 6.83. The van der Waals surface area contributed by atoms with Crippen LogP contribution in [0.3, 0.4) is 0 Å². The SMILES string of the molecule is NS(=O)(=O)Nc1cccc(-n2ccnc2)c1. The summed E-state index contributed by atoms with van der Waals surface area (Å²) in [5, 5.41) is 4.88. The Morgan fingerprint density at radius 1 is 1.38 bits per heavy atom. The van der Waals surface area contributed by atoms with E-state index in [4.69, 9.17) is 5.14 Å². The first-order valence-corrected chi connectivity index (χ1v) is 5.98. The van der Waals surface area contributed by atoms with E-state index >= 15 is 0 Å². The summed E-state index contributed by atoms with van der Waals surface area (Å²) in [6.45, 7) is 0. The number of hydrogen-bond acceptors (Lipinski definition) is 3. The zero-order valence-corrected chi connectivity index (χ0v) is 9.05. The predicted molar refractivity (Wildman–Crippen MR) is 60.3 cm³/mol. The highest BCUT2D eigenvalue weighted by Gasteiger charge is 2.03. The fourth-order valence-corrected chi connectivity index (χ4v) is 1.76. The molecule has 1 aromatic carbocycles. The quantitative estimate of drug-likeness (QED) is 0.815. The molecule has 84 valence electrons. The number of benzene rings is 1. The summed E-state index contributed by atoms with van der Waals surface area (Å²) in [4.78, 5) is 3.90. The maximum Gasteiger partial charge on any atom is 0.296 e. The largest absolute Gasteiger partial charge is 0.306 e. The fraction of sp³-hybridized carbons (Fsp3) is 0. The normalized spacial score (nSPS) is 11.3. The highest BCUT2D eigenvalue weighted by molar-refractivity contribution is 7.90. The second-order valence-electron chi connectivity index (χ2n) is 3.17. The Hall–Kier alpha value is -1.86. The van der Waals surface area contributed by atoms with E-state index in [2.05, 4.69) is 9.71 Å². The summed E-state index contributed by atoms with van der Waals surface area (Å²) < 4.78 is 25.6. The van der Waals surface area contributed by atoms with Gasteiger partial charge in [-0.3, -0.25) is 4.72 Å². The highest BCUT2D eigenvalue weighted by atomic mass is 32.2. The molecule has 1 aromatic heterocycles. The van der Waals surface area contributed by atoms with Gasteiger partial charge < -0.3 is 4.57 Å². The van der Waals surface area contributed by atoms with Gasteiger partial charge in [0.25, 0.3) is 10.2 Å². The van der Waals surface area contributed by atoms with Crippen molar-refractivity contribution in [1.82, 2.24) is 9.55 Å². The summed E-state index contributed by atoms with van der Waals surface area (Å²) in [5.41, 5.74) is 1.21. The second kappa shape index (κ2) is 3.95. The molecular weight excluding hydrogens is 228 g/mol. The maximum atomic E-state index is 10.8. The van der Waals surface area contributed by atoms with Crippen molar-refractivity contribution in [1.29, 1.82) is 0 Å². The molecule has 0 saturated carbocycles. The van der Waals surface area contributed by atoms with Crippen LogP contribution in [0, 0.1) is 0 Å². The maximum absolute atomic E-state index is 10.8. The molecule has 0 aliphatic carbocycles. The van der Waals surface area contributed by atoms with Crippen LogP contribution in [-0.2, 0) is 10.2 Å². The molecule has 0 spiro atoms. The van der Waals surface area contributed by atoms with Gasteiger partial charge in [0.15, 0.2) is 0 Å². The van der Waals surface area contributed by atoms with Gasteiger partial charge >= 0.3 is 0 Å². The van der Waals surface area contributed by atoms with E-state index in [1.165, 1.54) is 0 Å². The topological polar surface area (TPSA) is 90.0 Å². The summed E-state index contributed by atoms with van der Waals surface area (Å²) >= 11 is 0. The lowest BCUT2D eigenvalue weighted by Gasteiger charge is -2.06. The molecule has 3 N–H and O–H groups in total. The molecule has 2 aromatic rings. The number of nitrogens with one attached hydrogen (secondary N) is 1. The Kier molecular flexibility index (Phi) is 2.63. The molecule has 0 unspecified atom stereocenters. The minimum absolute atomic E-state index is 0.411. The third-order valence-corrected chi connectivity index (χ3v) is 2.43. The third-order valence-electron chi connectivity index (χ3n) is 1.91. The van der Waals surface area contributed by atoms with Crippen molar-refractivity contribution < 1.29 is 8.42 Å². The van der Waals surface area contributed by atoms with Crippen LogP contribution in [-0.4, -0.2) is 18.0 Å². The number of rotatable bonds is 3. The lowest BCUT2D eigenvalue weighted by molar-refractivity contribution is 0.603. The molecule has 6 nitrogen and oxygen atoms in total. The van der Waals surface area contributed by atoms with Crippen molar-refractivity contribution in [3.05, 3.63) is 43.0 Å². The zero-order chi connectivity index (χ0) is 11.6. The van der Waals surface area contributed by atoms with Crippen LogP contribution in [0.15, 0.2) is 43.0 Å². The van der Waals surface area contributed by atoms with Gasteiger partial charge in [-0.1, -0.05) is 6.07 Å². The molecule has 0 bridgehead atoms. The Labute approximate surface area is 92.9 Å². The van der Waals surface area contributed by atoms with E-state index in [0.29, 0.717) is 5.69 Å². The lowest BCUT2D eigenvalue weighted by Crippen LogP contribution is -2.21. The first kappa shape index (κ1) is 10.7. The molecule has 1 heterocycles. The number of anilines is 1. The standard InChI is InChI=1S/C9H10N4O2S/c10-16(14,15)12-8-2-1-3-9(6-8)13-5-4-11-7-13/h1-7,12H,(H2,10,14,15). The summed E-state index contributed by atoms with van der Waals surface area (Å²) in [5.74, 6) is 0. The van der Waals surface area contributed by atoms with Gasteiger partial charge in [0.05, 0.1) is 12.0 Å². The molecule has 0 aliphatic heterocycles. The smallest absolute Gasteiger partial charge is 0.296 e. The van der Waals surface area contributed by atoms with Gasteiger partial charge in [-0.05, 0) is 18.2 Å². The van der Waals surface area contributed by atoms with Crippen LogP contribution in [0.1, 0.15) is 0 Å². The number of hydrogen-bond donors (Lipinski definition) is 2. The molecular formula is C9H10N4O2S. The van der Waals surface area contributed by atoms with E-state index in [0.717, 1.165) is 5.69 Å². The Balaban J connectivity index is 2.34.